The van der Waals surface area contributed by atoms with Crippen molar-refractivity contribution in [1.82, 2.24) is 15.0 Å². The second-order valence-electron chi connectivity index (χ2n) is 6.89. The van der Waals surface area contributed by atoms with Gasteiger partial charge in [0.15, 0.2) is 5.65 Å². The molecule has 5 rings (SSSR count). The first-order valence-electron chi connectivity index (χ1n) is 9.18. The number of nitrogens with one attached hydrogen (secondary N) is 1. The van der Waals surface area contributed by atoms with E-state index in [4.69, 9.17) is 4.98 Å². The van der Waals surface area contributed by atoms with Crippen molar-refractivity contribution < 1.29 is 0 Å². The van der Waals surface area contributed by atoms with Crippen molar-refractivity contribution in [1.29, 1.82) is 0 Å². The van der Waals surface area contributed by atoms with Crippen LogP contribution in [0, 0.1) is 0 Å². The molecule has 5 nitrogen and oxygen atoms in total. The molecule has 0 unspecified atom stereocenters. The number of benzene rings is 1. The van der Waals surface area contributed by atoms with Crippen LogP contribution in [0.5, 0.6) is 0 Å². The Bertz CT molecular complexity index is 1240. The summed E-state index contributed by atoms with van der Waals surface area (Å²) in [7, 11) is 0. The van der Waals surface area contributed by atoms with Crippen molar-refractivity contribution >= 4 is 46.2 Å². The van der Waals surface area contributed by atoms with Gasteiger partial charge in [0.05, 0.1) is 5.39 Å². The third kappa shape index (κ3) is 2.82. The Labute approximate surface area is 166 Å². The number of rotatable bonds is 3. The lowest BCUT2D eigenvalue weighted by Gasteiger charge is -2.23. The lowest BCUT2D eigenvalue weighted by Crippen LogP contribution is -2.28. The van der Waals surface area contributed by atoms with Crippen molar-refractivity contribution in [3.8, 4) is 0 Å². The SMILES string of the molecule is C[C@@H]1Cc2ccccc2N1c1nc2nccc(/C=C/c3cccs3)c2c(=O)[nH]1. The van der Waals surface area contributed by atoms with Gasteiger partial charge in [-0.3, -0.25) is 9.78 Å². The van der Waals surface area contributed by atoms with E-state index in [1.54, 1.807) is 17.5 Å². The largest absolute Gasteiger partial charge is 0.309 e. The second-order valence-corrected chi connectivity index (χ2v) is 7.87. The monoisotopic (exact) mass is 386 g/mol. The number of pyridine rings is 1. The summed E-state index contributed by atoms with van der Waals surface area (Å²) in [6.07, 6.45) is 6.58. The van der Waals surface area contributed by atoms with Crippen LogP contribution < -0.4 is 10.5 Å². The highest BCUT2D eigenvalue weighted by Crippen LogP contribution is 2.36. The van der Waals surface area contributed by atoms with Gasteiger partial charge in [-0.15, -0.1) is 11.3 Å². The molecule has 1 atom stereocenters. The number of aromatic nitrogens is 3. The summed E-state index contributed by atoms with van der Waals surface area (Å²) in [5.74, 6) is 0.543. The van der Waals surface area contributed by atoms with Crippen LogP contribution in [0.1, 0.15) is 22.9 Å². The highest BCUT2D eigenvalue weighted by Gasteiger charge is 2.28. The Morgan fingerprint density at radius 1 is 1.18 bits per heavy atom. The summed E-state index contributed by atoms with van der Waals surface area (Å²) in [4.78, 5) is 28.2. The van der Waals surface area contributed by atoms with E-state index in [1.165, 1.54) is 5.56 Å². The molecule has 28 heavy (non-hydrogen) atoms. The lowest BCUT2D eigenvalue weighted by atomic mass is 10.1. The predicted molar refractivity (Wildman–Crippen MR) is 115 cm³/mol. The Hall–Kier alpha value is -3.25. The normalized spacial score (nSPS) is 16.2. The van der Waals surface area contributed by atoms with Crippen LogP contribution in [-0.4, -0.2) is 21.0 Å². The molecule has 1 aromatic carbocycles. The van der Waals surface area contributed by atoms with Gasteiger partial charge in [0.2, 0.25) is 5.95 Å². The number of hydrogen-bond donors (Lipinski definition) is 1. The highest BCUT2D eigenvalue weighted by atomic mass is 32.1. The first-order chi connectivity index (χ1) is 13.7. The van der Waals surface area contributed by atoms with Gasteiger partial charge < -0.3 is 4.90 Å². The van der Waals surface area contributed by atoms with E-state index in [9.17, 15) is 4.79 Å². The Kier molecular flexibility index (Phi) is 4.06. The molecule has 0 spiro atoms. The van der Waals surface area contributed by atoms with Gasteiger partial charge in [0.25, 0.3) is 5.56 Å². The molecule has 0 aliphatic carbocycles. The maximum atomic E-state index is 13.0. The summed E-state index contributed by atoms with van der Waals surface area (Å²) < 4.78 is 0. The molecule has 0 saturated heterocycles. The van der Waals surface area contributed by atoms with Gasteiger partial charge >= 0.3 is 0 Å². The third-order valence-electron chi connectivity index (χ3n) is 5.03. The number of H-pyrrole nitrogens is 1. The van der Waals surface area contributed by atoms with Crippen LogP contribution in [0.4, 0.5) is 11.6 Å². The number of anilines is 2. The van der Waals surface area contributed by atoms with E-state index >= 15 is 0 Å². The topological polar surface area (TPSA) is 61.9 Å². The van der Waals surface area contributed by atoms with Crippen LogP contribution in [0.3, 0.4) is 0 Å². The van der Waals surface area contributed by atoms with E-state index in [-0.39, 0.29) is 11.6 Å². The molecule has 0 bridgehead atoms. The number of fused-ring (bicyclic) bond motifs is 2. The van der Waals surface area contributed by atoms with Crippen LogP contribution >= 0.6 is 11.3 Å². The zero-order valence-corrected chi connectivity index (χ0v) is 16.1. The molecule has 138 valence electrons. The molecule has 1 N–H and O–H groups in total. The molecule has 4 heterocycles. The molecular weight excluding hydrogens is 368 g/mol. The van der Waals surface area contributed by atoms with E-state index in [0.29, 0.717) is 17.0 Å². The zero-order valence-electron chi connectivity index (χ0n) is 15.3. The predicted octanol–water partition coefficient (Wildman–Crippen LogP) is 4.63. The third-order valence-corrected chi connectivity index (χ3v) is 5.87. The van der Waals surface area contributed by atoms with Crippen molar-refractivity contribution in [2.45, 2.75) is 19.4 Å². The molecule has 0 radical (unpaired) electrons. The number of para-hydroxylation sites is 1. The van der Waals surface area contributed by atoms with Crippen LogP contribution in [-0.2, 0) is 6.42 Å². The first kappa shape index (κ1) is 16.9. The smallest absolute Gasteiger partial charge is 0.262 e. The molecule has 6 heteroatoms. The van der Waals surface area contributed by atoms with Crippen LogP contribution in [0.15, 0.2) is 58.8 Å². The van der Waals surface area contributed by atoms with E-state index in [0.717, 1.165) is 22.5 Å². The second kappa shape index (κ2) is 6.73. The molecule has 0 fully saturated rings. The first-order valence-corrected chi connectivity index (χ1v) is 10.1. The molecule has 3 aromatic heterocycles. The van der Waals surface area contributed by atoms with Gasteiger partial charge in [-0.1, -0.05) is 30.3 Å². The fourth-order valence-corrected chi connectivity index (χ4v) is 4.39. The maximum absolute atomic E-state index is 13.0. The van der Waals surface area contributed by atoms with Gasteiger partial charge in [-0.05, 0) is 54.1 Å². The van der Waals surface area contributed by atoms with Gasteiger partial charge in [-0.25, -0.2) is 4.98 Å². The fraction of sp³-hybridized carbons (Fsp3) is 0.136. The summed E-state index contributed by atoms with van der Waals surface area (Å²) in [5.41, 5.74) is 3.46. The molecule has 0 amide bonds. The quantitative estimate of drug-likeness (QED) is 0.557. The standard InChI is InChI=1S/C22H18N4OS/c1-14-13-16-5-2-3-7-18(16)26(14)22-24-20-19(21(27)25-22)15(10-11-23-20)8-9-17-6-4-12-28-17/h2-12,14H,13H2,1H3,(H,23,24,25,27)/b9-8+/t14-/m1/s1. The molecule has 1 aliphatic heterocycles. The average molecular weight is 386 g/mol. The number of hydrogen-bond acceptors (Lipinski definition) is 5. The zero-order chi connectivity index (χ0) is 19.1. The molecular formula is C22H18N4OS. The van der Waals surface area contributed by atoms with Crippen molar-refractivity contribution in [3.05, 3.63) is 80.4 Å². The lowest BCUT2D eigenvalue weighted by molar-refractivity contribution is 0.740. The van der Waals surface area contributed by atoms with Crippen molar-refractivity contribution in [2.24, 2.45) is 0 Å². The minimum absolute atomic E-state index is 0.171. The maximum Gasteiger partial charge on any atom is 0.262 e. The Morgan fingerprint density at radius 2 is 2.07 bits per heavy atom. The minimum Gasteiger partial charge on any atom is -0.309 e. The van der Waals surface area contributed by atoms with Crippen LogP contribution in [0.2, 0.25) is 0 Å². The van der Waals surface area contributed by atoms with E-state index in [1.807, 2.05) is 47.9 Å². The van der Waals surface area contributed by atoms with Crippen molar-refractivity contribution in [3.63, 3.8) is 0 Å². The van der Waals surface area contributed by atoms with E-state index in [2.05, 4.69) is 33.9 Å². The van der Waals surface area contributed by atoms with Gasteiger partial charge in [-0.2, -0.15) is 4.98 Å². The minimum atomic E-state index is -0.171. The Balaban J connectivity index is 1.62. The number of thiophene rings is 1. The Morgan fingerprint density at radius 3 is 2.93 bits per heavy atom. The molecule has 0 saturated carbocycles. The molecule has 4 aromatic rings. The van der Waals surface area contributed by atoms with Gasteiger partial charge in [0, 0.05) is 22.8 Å². The summed E-state index contributed by atoms with van der Waals surface area (Å²) >= 11 is 1.65. The molecule has 1 aliphatic rings. The average Bonchev–Trinajstić information content (AvgIpc) is 3.32. The van der Waals surface area contributed by atoms with Crippen molar-refractivity contribution in [2.75, 3.05) is 4.90 Å². The fourth-order valence-electron chi connectivity index (χ4n) is 3.77. The summed E-state index contributed by atoms with van der Waals surface area (Å²) in [6, 6.07) is 14.3. The summed E-state index contributed by atoms with van der Waals surface area (Å²) in [6.45, 7) is 2.14. The van der Waals surface area contributed by atoms with Crippen LogP contribution in [0.25, 0.3) is 23.2 Å². The van der Waals surface area contributed by atoms with Gasteiger partial charge in [0.1, 0.15) is 0 Å². The highest BCUT2D eigenvalue weighted by molar-refractivity contribution is 7.10. The number of aromatic amines is 1. The van der Waals surface area contributed by atoms with E-state index < -0.39 is 0 Å². The summed E-state index contributed by atoms with van der Waals surface area (Å²) in [5, 5.41) is 2.54. The number of nitrogens with zero attached hydrogens (tertiary/aromatic N) is 3.